The molecule has 3 rings (SSSR count). The molecule has 0 aliphatic carbocycles. The fourth-order valence-electron chi connectivity index (χ4n) is 1.83. The number of hydrogen-bond donors (Lipinski definition) is 2. The van der Waals surface area contributed by atoms with Crippen LogP contribution in [0.5, 0.6) is 0 Å². The van der Waals surface area contributed by atoms with Crippen molar-refractivity contribution in [2.45, 2.75) is 0 Å². The van der Waals surface area contributed by atoms with Gasteiger partial charge in [0.15, 0.2) is 0 Å². The SMILES string of the molecule is Nc1cc(Br)nc(Nc2cccc3ccncc23)n1. The molecule has 19 heavy (non-hydrogen) atoms. The summed E-state index contributed by atoms with van der Waals surface area (Å²) in [6, 6.07) is 9.54. The minimum atomic E-state index is 0.405. The second-order valence-electron chi connectivity index (χ2n) is 3.97. The quantitative estimate of drug-likeness (QED) is 0.710. The van der Waals surface area contributed by atoms with Gasteiger partial charge in [0, 0.05) is 23.8 Å². The Morgan fingerprint density at radius 2 is 2.05 bits per heavy atom. The Labute approximate surface area is 118 Å². The van der Waals surface area contributed by atoms with Crippen LogP contribution < -0.4 is 11.1 Å². The molecule has 0 spiro atoms. The topological polar surface area (TPSA) is 76.7 Å². The number of nitrogens with zero attached hydrogens (tertiary/aromatic N) is 3. The van der Waals surface area contributed by atoms with E-state index in [1.165, 1.54) is 0 Å². The summed E-state index contributed by atoms with van der Waals surface area (Å²) in [5.74, 6) is 0.853. The molecule has 0 aliphatic heterocycles. The van der Waals surface area contributed by atoms with E-state index in [1.54, 1.807) is 18.5 Å². The molecule has 0 saturated carbocycles. The molecule has 3 aromatic rings. The summed E-state index contributed by atoms with van der Waals surface area (Å²) < 4.78 is 0.640. The van der Waals surface area contributed by atoms with Crippen molar-refractivity contribution in [3.8, 4) is 0 Å². The highest BCUT2D eigenvalue weighted by Crippen LogP contribution is 2.25. The zero-order valence-corrected chi connectivity index (χ0v) is 11.4. The Kier molecular flexibility index (Phi) is 3.00. The van der Waals surface area contributed by atoms with E-state index < -0.39 is 0 Å². The van der Waals surface area contributed by atoms with Crippen molar-refractivity contribution >= 4 is 44.2 Å². The van der Waals surface area contributed by atoms with Crippen LogP contribution in [0.25, 0.3) is 10.8 Å². The highest BCUT2D eigenvalue weighted by molar-refractivity contribution is 9.10. The van der Waals surface area contributed by atoms with E-state index in [0.29, 0.717) is 16.4 Å². The van der Waals surface area contributed by atoms with Crippen LogP contribution in [0.3, 0.4) is 0 Å². The van der Waals surface area contributed by atoms with Crippen LogP contribution in [0.15, 0.2) is 47.3 Å². The third kappa shape index (κ3) is 2.48. The van der Waals surface area contributed by atoms with E-state index in [-0.39, 0.29) is 0 Å². The van der Waals surface area contributed by atoms with Crippen LogP contribution in [0.1, 0.15) is 0 Å². The fourth-order valence-corrected chi connectivity index (χ4v) is 2.24. The van der Waals surface area contributed by atoms with E-state index in [1.807, 2.05) is 24.3 Å². The van der Waals surface area contributed by atoms with Gasteiger partial charge in [-0.3, -0.25) is 4.98 Å². The molecule has 94 valence electrons. The molecule has 0 bridgehead atoms. The summed E-state index contributed by atoms with van der Waals surface area (Å²) in [6.07, 6.45) is 3.57. The molecule has 6 heteroatoms. The molecule has 1 aromatic carbocycles. The molecular formula is C13H10BrN5. The number of nitrogens with two attached hydrogens (primary N) is 1. The Morgan fingerprint density at radius 3 is 2.89 bits per heavy atom. The number of benzene rings is 1. The molecule has 5 nitrogen and oxygen atoms in total. The number of nitrogens with one attached hydrogen (secondary N) is 1. The smallest absolute Gasteiger partial charge is 0.230 e. The number of hydrogen-bond acceptors (Lipinski definition) is 5. The van der Waals surface area contributed by atoms with Crippen LogP contribution in [-0.2, 0) is 0 Å². The predicted octanol–water partition coefficient (Wildman–Crippen LogP) is 3.11. The van der Waals surface area contributed by atoms with E-state index >= 15 is 0 Å². The second kappa shape index (κ2) is 4.81. The van der Waals surface area contributed by atoms with Gasteiger partial charge in [-0.2, -0.15) is 4.98 Å². The largest absolute Gasteiger partial charge is 0.383 e. The van der Waals surface area contributed by atoms with Gasteiger partial charge in [0.05, 0.1) is 5.69 Å². The molecule has 2 aromatic heterocycles. The van der Waals surface area contributed by atoms with Crippen LogP contribution in [-0.4, -0.2) is 15.0 Å². The highest BCUT2D eigenvalue weighted by Gasteiger charge is 2.04. The Hall–Kier alpha value is -2.21. The number of rotatable bonds is 2. The molecule has 0 saturated heterocycles. The summed E-state index contributed by atoms with van der Waals surface area (Å²) in [6.45, 7) is 0. The van der Waals surface area contributed by atoms with E-state index in [0.717, 1.165) is 16.5 Å². The van der Waals surface area contributed by atoms with Crippen LogP contribution in [0.4, 0.5) is 17.5 Å². The maximum Gasteiger partial charge on any atom is 0.230 e. The van der Waals surface area contributed by atoms with Crippen LogP contribution in [0.2, 0.25) is 0 Å². The standard InChI is InChI=1S/C13H10BrN5/c14-11-6-12(15)19-13(18-11)17-10-3-1-2-8-4-5-16-7-9(8)10/h1-7H,(H3,15,17,18,19). The monoisotopic (exact) mass is 315 g/mol. The van der Waals surface area contributed by atoms with Gasteiger partial charge in [0.2, 0.25) is 5.95 Å². The van der Waals surface area contributed by atoms with Gasteiger partial charge in [-0.05, 0) is 33.4 Å². The van der Waals surface area contributed by atoms with Gasteiger partial charge in [0.1, 0.15) is 10.4 Å². The lowest BCUT2D eigenvalue weighted by Gasteiger charge is -2.08. The molecule has 0 atom stereocenters. The minimum absolute atomic E-state index is 0.405. The average molecular weight is 316 g/mol. The lowest BCUT2D eigenvalue weighted by molar-refractivity contribution is 1.15. The zero-order chi connectivity index (χ0) is 13.2. The van der Waals surface area contributed by atoms with Crippen molar-refractivity contribution in [2.75, 3.05) is 11.1 Å². The molecule has 0 amide bonds. The van der Waals surface area contributed by atoms with Gasteiger partial charge in [-0.1, -0.05) is 12.1 Å². The molecule has 0 fully saturated rings. The fraction of sp³-hybridized carbons (Fsp3) is 0. The second-order valence-corrected chi connectivity index (χ2v) is 4.78. The van der Waals surface area contributed by atoms with Crippen molar-refractivity contribution in [3.63, 3.8) is 0 Å². The van der Waals surface area contributed by atoms with Crippen molar-refractivity contribution < 1.29 is 0 Å². The van der Waals surface area contributed by atoms with Crippen molar-refractivity contribution in [3.05, 3.63) is 47.3 Å². The maximum atomic E-state index is 5.69. The Morgan fingerprint density at radius 1 is 1.16 bits per heavy atom. The molecule has 0 radical (unpaired) electrons. The predicted molar refractivity (Wildman–Crippen MR) is 79.2 cm³/mol. The molecule has 2 heterocycles. The first kappa shape index (κ1) is 11.9. The van der Waals surface area contributed by atoms with Gasteiger partial charge >= 0.3 is 0 Å². The first-order valence-electron chi connectivity index (χ1n) is 5.62. The zero-order valence-electron chi connectivity index (χ0n) is 9.84. The lowest BCUT2D eigenvalue weighted by atomic mass is 10.1. The number of nitrogen functional groups attached to an aromatic ring is 1. The van der Waals surface area contributed by atoms with Crippen molar-refractivity contribution in [1.82, 2.24) is 15.0 Å². The number of halogens is 1. The lowest BCUT2D eigenvalue weighted by Crippen LogP contribution is -2.01. The first-order chi connectivity index (χ1) is 9.22. The summed E-state index contributed by atoms with van der Waals surface area (Å²) in [5.41, 5.74) is 6.58. The van der Waals surface area contributed by atoms with Gasteiger partial charge < -0.3 is 11.1 Å². The summed E-state index contributed by atoms with van der Waals surface area (Å²) >= 11 is 3.29. The van der Waals surface area contributed by atoms with E-state index in [2.05, 4.69) is 36.2 Å². The van der Waals surface area contributed by atoms with Crippen LogP contribution in [0, 0.1) is 0 Å². The Balaban J connectivity index is 2.05. The van der Waals surface area contributed by atoms with Gasteiger partial charge in [-0.15, -0.1) is 0 Å². The summed E-state index contributed by atoms with van der Waals surface area (Å²) in [4.78, 5) is 12.5. The van der Waals surface area contributed by atoms with Gasteiger partial charge in [0.25, 0.3) is 0 Å². The third-order valence-corrected chi connectivity index (χ3v) is 3.05. The third-order valence-electron chi connectivity index (χ3n) is 2.64. The first-order valence-corrected chi connectivity index (χ1v) is 6.41. The minimum Gasteiger partial charge on any atom is -0.383 e. The highest BCUT2D eigenvalue weighted by atomic mass is 79.9. The van der Waals surface area contributed by atoms with Crippen molar-refractivity contribution in [2.24, 2.45) is 0 Å². The van der Waals surface area contributed by atoms with E-state index in [9.17, 15) is 0 Å². The number of aromatic nitrogens is 3. The average Bonchev–Trinajstić information content (AvgIpc) is 2.38. The Bertz CT molecular complexity index is 718. The normalized spacial score (nSPS) is 10.6. The summed E-state index contributed by atoms with van der Waals surface area (Å²) in [7, 11) is 0. The number of fused-ring (bicyclic) bond motifs is 1. The van der Waals surface area contributed by atoms with Crippen molar-refractivity contribution in [1.29, 1.82) is 0 Å². The molecule has 0 aliphatic rings. The van der Waals surface area contributed by atoms with Crippen LogP contribution >= 0.6 is 15.9 Å². The molecule has 3 N–H and O–H groups in total. The van der Waals surface area contributed by atoms with Gasteiger partial charge in [-0.25, -0.2) is 4.98 Å². The number of pyridine rings is 1. The molecular weight excluding hydrogens is 306 g/mol. The summed E-state index contributed by atoms with van der Waals surface area (Å²) in [5, 5.41) is 5.26. The van der Waals surface area contributed by atoms with E-state index in [4.69, 9.17) is 5.73 Å². The number of anilines is 3. The maximum absolute atomic E-state index is 5.69. The molecule has 0 unspecified atom stereocenters.